The van der Waals surface area contributed by atoms with Gasteiger partial charge >= 0.3 is 5.97 Å². The molecular formula is C14H19NO5. The first kappa shape index (κ1) is 16.0. The zero-order chi connectivity index (χ0) is 15.1. The molecule has 0 spiro atoms. The molecule has 0 bridgehead atoms. The van der Waals surface area contributed by atoms with Gasteiger partial charge in [0.25, 0.3) is 5.91 Å². The minimum absolute atomic E-state index is 0.0372. The Morgan fingerprint density at radius 3 is 2.65 bits per heavy atom. The van der Waals surface area contributed by atoms with E-state index in [-0.39, 0.29) is 19.6 Å². The number of nitrogens with one attached hydrogen (secondary N) is 1. The Labute approximate surface area is 117 Å². The summed E-state index contributed by atoms with van der Waals surface area (Å²) in [6.07, 6.45) is -0.0372. The van der Waals surface area contributed by atoms with Crippen molar-refractivity contribution in [2.75, 3.05) is 13.2 Å². The minimum Gasteiger partial charge on any atom is -0.483 e. The minimum atomic E-state index is -1.18. The number of aryl methyl sites for hydroxylation is 1. The number of ether oxygens (including phenoxy) is 1. The number of benzene rings is 1. The van der Waals surface area contributed by atoms with Crippen molar-refractivity contribution in [3.8, 4) is 5.75 Å². The molecule has 3 N–H and O–H groups in total. The number of rotatable bonds is 7. The monoisotopic (exact) mass is 281 g/mol. The molecule has 1 atom stereocenters. The number of carboxylic acid groups (broad SMARTS) is 1. The predicted octanol–water partition coefficient (Wildman–Crippen LogP) is 0.634. The topological polar surface area (TPSA) is 95.9 Å². The average Bonchev–Trinajstić information content (AvgIpc) is 2.40. The summed E-state index contributed by atoms with van der Waals surface area (Å²) in [5.74, 6) is -1.12. The second kappa shape index (κ2) is 7.49. The Bertz CT molecular complexity index is 486. The summed E-state index contributed by atoms with van der Waals surface area (Å²) >= 11 is 0. The smallest absolute Gasteiger partial charge is 0.326 e. The van der Waals surface area contributed by atoms with Gasteiger partial charge in [-0.05, 0) is 31.0 Å². The zero-order valence-corrected chi connectivity index (χ0v) is 11.5. The highest BCUT2D eigenvalue weighted by Gasteiger charge is 2.19. The summed E-state index contributed by atoms with van der Waals surface area (Å²) in [5.41, 5.74) is 1.98. The van der Waals surface area contributed by atoms with Gasteiger partial charge in [-0.15, -0.1) is 0 Å². The molecule has 0 saturated heterocycles. The number of hydrogen-bond acceptors (Lipinski definition) is 4. The molecule has 110 valence electrons. The van der Waals surface area contributed by atoms with Crippen LogP contribution < -0.4 is 10.1 Å². The van der Waals surface area contributed by atoms with Crippen molar-refractivity contribution in [3.05, 3.63) is 29.3 Å². The van der Waals surface area contributed by atoms with Gasteiger partial charge in [-0.25, -0.2) is 4.79 Å². The van der Waals surface area contributed by atoms with E-state index in [4.69, 9.17) is 14.9 Å². The summed E-state index contributed by atoms with van der Waals surface area (Å²) in [6, 6.07) is 4.40. The van der Waals surface area contributed by atoms with Crippen LogP contribution in [-0.4, -0.2) is 41.3 Å². The maximum absolute atomic E-state index is 11.6. The highest BCUT2D eigenvalue weighted by molar-refractivity contribution is 5.84. The number of carbonyl (C=O) groups excluding carboxylic acids is 1. The van der Waals surface area contributed by atoms with Crippen LogP contribution in [0.2, 0.25) is 0 Å². The molecule has 6 nitrogen and oxygen atoms in total. The summed E-state index contributed by atoms with van der Waals surface area (Å²) in [5, 5.41) is 19.9. The molecular weight excluding hydrogens is 262 g/mol. The van der Waals surface area contributed by atoms with Crippen molar-refractivity contribution in [2.45, 2.75) is 26.3 Å². The van der Waals surface area contributed by atoms with E-state index in [1.54, 1.807) is 6.07 Å². The van der Waals surface area contributed by atoms with Gasteiger partial charge < -0.3 is 20.3 Å². The first-order chi connectivity index (χ1) is 9.45. The van der Waals surface area contributed by atoms with Gasteiger partial charge in [0.2, 0.25) is 0 Å². The van der Waals surface area contributed by atoms with Gasteiger partial charge in [-0.2, -0.15) is 0 Å². The van der Waals surface area contributed by atoms with E-state index in [9.17, 15) is 9.59 Å². The number of aliphatic hydroxyl groups excluding tert-OH is 1. The lowest BCUT2D eigenvalue weighted by Gasteiger charge is -2.14. The van der Waals surface area contributed by atoms with E-state index < -0.39 is 17.9 Å². The largest absolute Gasteiger partial charge is 0.483 e. The molecule has 1 aromatic carbocycles. The number of carbonyl (C=O) groups is 2. The molecule has 6 heteroatoms. The van der Waals surface area contributed by atoms with Gasteiger partial charge in [0.15, 0.2) is 6.61 Å². The summed E-state index contributed by atoms with van der Waals surface area (Å²) in [6.45, 7) is 3.24. The highest BCUT2D eigenvalue weighted by atomic mass is 16.5. The SMILES string of the molecule is Cc1cccc(OCC(=O)N[C@H](CCO)C(=O)O)c1C. The lowest BCUT2D eigenvalue weighted by Crippen LogP contribution is -2.43. The van der Waals surface area contributed by atoms with Crippen LogP contribution in [0, 0.1) is 13.8 Å². The lowest BCUT2D eigenvalue weighted by molar-refractivity contribution is -0.142. The van der Waals surface area contributed by atoms with Crippen LogP contribution in [0.3, 0.4) is 0 Å². The number of amides is 1. The molecule has 0 unspecified atom stereocenters. The predicted molar refractivity (Wildman–Crippen MR) is 72.7 cm³/mol. The van der Waals surface area contributed by atoms with Crippen molar-refractivity contribution in [3.63, 3.8) is 0 Å². The van der Waals surface area contributed by atoms with Crippen molar-refractivity contribution < 1.29 is 24.5 Å². The maximum Gasteiger partial charge on any atom is 0.326 e. The van der Waals surface area contributed by atoms with Crippen LogP contribution in [0.15, 0.2) is 18.2 Å². The third-order valence-corrected chi connectivity index (χ3v) is 2.96. The first-order valence-electron chi connectivity index (χ1n) is 6.27. The van der Waals surface area contributed by atoms with Crippen LogP contribution in [0.4, 0.5) is 0 Å². The Kier molecular flexibility index (Phi) is 5.99. The van der Waals surface area contributed by atoms with E-state index in [1.165, 1.54) is 0 Å². The molecule has 1 rings (SSSR count). The fourth-order valence-corrected chi connectivity index (χ4v) is 1.65. The second-order valence-electron chi connectivity index (χ2n) is 4.46. The fraction of sp³-hybridized carbons (Fsp3) is 0.429. The molecule has 0 fully saturated rings. The van der Waals surface area contributed by atoms with E-state index >= 15 is 0 Å². The second-order valence-corrected chi connectivity index (χ2v) is 4.46. The van der Waals surface area contributed by atoms with Crippen molar-refractivity contribution in [1.29, 1.82) is 0 Å². The Morgan fingerprint density at radius 1 is 1.35 bits per heavy atom. The Morgan fingerprint density at radius 2 is 2.05 bits per heavy atom. The van der Waals surface area contributed by atoms with E-state index in [2.05, 4.69) is 5.32 Å². The molecule has 0 aliphatic heterocycles. The highest BCUT2D eigenvalue weighted by Crippen LogP contribution is 2.20. The van der Waals surface area contributed by atoms with E-state index in [1.807, 2.05) is 26.0 Å². The molecule has 0 saturated carbocycles. The van der Waals surface area contributed by atoms with Crippen LogP contribution in [0.25, 0.3) is 0 Å². The molecule has 0 heterocycles. The number of hydrogen-bond donors (Lipinski definition) is 3. The summed E-state index contributed by atoms with van der Waals surface area (Å²) < 4.78 is 5.37. The van der Waals surface area contributed by atoms with Crippen LogP contribution >= 0.6 is 0 Å². The Balaban J connectivity index is 2.54. The summed E-state index contributed by atoms with van der Waals surface area (Å²) in [4.78, 5) is 22.5. The van der Waals surface area contributed by atoms with E-state index in [0.717, 1.165) is 11.1 Å². The van der Waals surface area contributed by atoms with Gasteiger partial charge in [-0.1, -0.05) is 12.1 Å². The molecule has 0 aliphatic carbocycles. The Hall–Kier alpha value is -2.08. The molecule has 0 radical (unpaired) electrons. The molecule has 20 heavy (non-hydrogen) atoms. The van der Waals surface area contributed by atoms with Crippen LogP contribution in [0.1, 0.15) is 17.5 Å². The molecule has 0 aromatic heterocycles. The molecule has 1 aromatic rings. The van der Waals surface area contributed by atoms with Crippen LogP contribution in [-0.2, 0) is 9.59 Å². The number of aliphatic carboxylic acids is 1. The third-order valence-electron chi connectivity index (χ3n) is 2.96. The fourth-order valence-electron chi connectivity index (χ4n) is 1.65. The number of aliphatic hydroxyl groups is 1. The summed E-state index contributed by atoms with van der Waals surface area (Å²) in [7, 11) is 0. The van der Waals surface area contributed by atoms with Gasteiger partial charge in [0.1, 0.15) is 11.8 Å². The number of carboxylic acids is 1. The molecule has 0 aliphatic rings. The maximum atomic E-state index is 11.6. The van der Waals surface area contributed by atoms with E-state index in [0.29, 0.717) is 5.75 Å². The zero-order valence-electron chi connectivity index (χ0n) is 11.5. The molecule has 1 amide bonds. The lowest BCUT2D eigenvalue weighted by atomic mass is 10.1. The quantitative estimate of drug-likeness (QED) is 0.681. The standard InChI is InChI=1S/C14H19NO5/c1-9-4-3-5-12(10(9)2)20-8-13(17)15-11(6-7-16)14(18)19/h3-5,11,16H,6-8H2,1-2H3,(H,15,17)(H,18,19)/t11-/m1/s1. The normalized spacial score (nSPS) is 11.8. The van der Waals surface area contributed by atoms with Crippen molar-refractivity contribution in [2.24, 2.45) is 0 Å². The average molecular weight is 281 g/mol. The van der Waals surface area contributed by atoms with Gasteiger partial charge in [0.05, 0.1) is 0 Å². The first-order valence-corrected chi connectivity index (χ1v) is 6.27. The van der Waals surface area contributed by atoms with Crippen LogP contribution in [0.5, 0.6) is 5.75 Å². The van der Waals surface area contributed by atoms with Crippen molar-refractivity contribution in [1.82, 2.24) is 5.32 Å². The third kappa shape index (κ3) is 4.55. The van der Waals surface area contributed by atoms with Gasteiger partial charge in [-0.3, -0.25) is 4.79 Å². The van der Waals surface area contributed by atoms with Gasteiger partial charge in [0, 0.05) is 13.0 Å². The van der Waals surface area contributed by atoms with Crippen molar-refractivity contribution >= 4 is 11.9 Å².